The largest absolute Gasteiger partial charge is 0.405 e. The maximum atomic E-state index is 14.1. The molecule has 0 aromatic carbocycles. The van der Waals surface area contributed by atoms with Crippen molar-refractivity contribution >= 4 is 29.0 Å². The number of hydrogen-bond donors (Lipinski definition) is 3. The van der Waals surface area contributed by atoms with E-state index < -0.39 is 47.9 Å². The molecule has 3 N–H and O–H groups in total. The highest BCUT2D eigenvalue weighted by Crippen LogP contribution is 2.42. The molecule has 0 atom stereocenters. The summed E-state index contributed by atoms with van der Waals surface area (Å²) < 4.78 is 65.8. The van der Waals surface area contributed by atoms with Crippen LogP contribution in [0.3, 0.4) is 0 Å². The summed E-state index contributed by atoms with van der Waals surface area (Å²) in [5, 5.41) is 14.2. The van der Waals surface area contributed by atoms with Gasteiger partial charge in [-0.05, 0) is 45.6 Å². The van der Waals surface area contributed by atoms with Crippen LogP contribution in [-0.2, 0) is 0 Å². The highest BCUT2D eigenvalue weighted by molar-refractivity contribution is 7.17. The van der Waals surface area contributed by atoms with Crippen LogP contribution in [0.4, 0.5) is 27.8 Å². The molecule has 8 nitrogen and oxygen atoms in total. The molecule has 0 aliphatic carbocycles. The van der Waals surface area contributed by atoms with Crippen molar-refractivity contribution in [2.24, 2.45) is 0 Å². The van der Waals surface area contributed by atoms with Gasteiger partial charge in [-0.1, -0.05) is 0 Å². The molecule has 2 amide bonds. The fourth-order valence-electron chi connectivity index (χ4n) is 4.61. The molecular formula is C23H26F5N5O3S. The third-order valence-corrected chi connectivity index (χ3v) is 7.37. The molecule has 14 heteroatoms. The summed E-state index contributed by atoms with van der Waals surface area (Å²) in [5.41, 5.74) is -2.25. The predicted octanol–water partition coefficient (Wildman–Crippen LogP) is 4.38. The van der Waals surface area contributed by atoms with Crippen molar-refractivity contribution in [1.82, 2.24) is 20.2 Å². The van der Waals surface area contributed by atoms with Crippen LogP contribution in [0, 0.1) is 0 Å². The van der Waals surface area contributed by atoms with Crippen LogP contribution in [-0.4, -0.2) is 68.7 Å². The lowest BCUT2D eigenvalue weighted by Crippen LogP contribution is -2.38. The zero-order valence-electron chi connectivity index (χ0n) is 20.0. The van der Waals surface area contributed by atoms with Crippen molar-refractivity contribution in [3.8, 4) is 10.4 Å². The summed E-state index contributed by atoms with van der Waals surface area (Å²) >= 11 is 0.710. The Morgan fingerprint density at radius 3 is 2.32 bits per heavy atom. The topological polar surface area (TPSA) is 107 Å². The van der Waals surface area contributed by atoms with Gasteiger partial charge in [0.15, 0.2) is 5.01 Å². The molecule has 4 rings (SSSR count). The van der Waals surface area contributed by atoms with E-state index in [1.54, 1.807) is 4.90 Å². The van der Waals surface area contributed by atoms with Crippen molar-refractivity contribution in [3.05, 3.63) is 28.5 Å². The Morgan fingerprint density at radius 2 is 1.78 bits per heavy atom. The summed E-state index contributed by atoms with van der Waals surface area (Å²) in [5.74, 6) is -1.60. The number of nitrogens with one attached hydrogen (secondary N) is 2. The van der Waals surface area contributed by atoms with Crippen LogP contribution in [0.25, 0.3) is 10.4 Å². The van der Waals surface area contributed by atoms with Gasteiger partial charge < -0.3 is 20.6 Å². The van der Waals surface area contributed by atoms with E-state index in [9.17, 15) is 36.6 Å². The number of carbonyl (C=O) groups excluding carboxylic acids is 2. The molecule has 2 aromatic rings. The van der Waals surface area contributed by atoms with Crippen molar-refractivity contribution in [1.29, 1.82) is 0 Å². The molecule has 0 spiro atoms. The second-order valence-corrected chi connectivity index (χ2v) is 10.8. The molecule has 37 heavy (non-hydrogen) atoms. The van der Waals surface area contributed by atoms with Gasteiger partial charge in [0.25, 0.3) is 18.2 Å². The first kappa shape index (κ1) is 27.2. The number of rotatable bonds is 8. The number of halogens is 5. The second kappa shape index (κ2) is 10.1. The molecule has 202 valence electrons. The Hall–Kier alpha value is -2.87. The Kier molecular flexibility index (Phi) is 7.43. The van der Waals surface area contributed by atoms with E-state index >= 15 is 0 Å². The number of aromatic nitrogens is 2. The Bertz CT molecular complexity index is 1160. The Balaban J connectivity index is 1.74. The summed E-state index contributed by atoms with van der Waals surface area (Å²) in [7, 11) is 0. The number of thiazole rings is 1. The molecule has 2 bridgehead atoms. The number of amides is 2. The van der Waals surface area contributed by atoms with E-state index in [0.717, 1.165) is 37.9 Å². The van der Waals surface area contributed by atoms with Gasteiger partial charge in [0.2, 0.25) is 0 Å². The smallest absolute Gasteiger partial charge is 0.389 e. The summed E-state index contributed by atoms with van der Waals surface area (Å²) in [6.07, 6.45) is -3.46. The standard InChI is InChI=1S/C23H26F5N5O3S/c1-22(2,36)9-31-19(34)20-32-16(21(35)33-11-3-4-12(33)6-5-11)17(37-20)14-8-29-15(7-13(14)18(24)25)30-10-23(26,27)28/h7-8,11-12,18,36H,3-6,9-10H2,1-2H3,(H,29,30)(H,31,34). The summed E-state index contributed by atoms with van der Waals surface area (Å²) in [6.45, 7) is 1.38. The van der Waals surface area contributed by atoms with Crippen molar-refractivity contribution in [2.45, 2.75) is 69.8 Å². The second-order valence-electron chi connectivity index (χ2n) is 9.79. The van der Waals surface area contributed by atoms with Gasteiger partial charge in [-0.3, -0.25) is 9.59 Å². The number of aliphatic hydroxyl groups is 1. The molecule has 2 aromatic heterocycles. The first-order valence-electron chi connectivity index (χ1n) is 11.7. The van der Waals surface area contributed by atoms with Crippen LogP contribution in [0.1, 0.15) is 71.8 Å². The average Bonchev–Trinajstić information content (AvgIpc) is 3.54. The Labute approximate surface area is 213 Å². The maximum Gasteiger partial charge on any atom is 0.405 e. The molecule has 0 unspecified atom stereocenters. The van der Waals surface area contributed by atoms with Crippen molar-refractivity contribution in [3.63, 3.8) is 0 Å². The Morgan fingerprint density at radius 1 is 1.16 bits per heavy atom. The SMILES string of the molecule is CC(C)(O)CNC(=O)c1nc(C(=O)N2C3CCC2CC3)c(-c2cnc(NCC(F)(F)F)cc2C(F)F)s1. The van der Waals surface area contributed by atoms with Crippen LogP contribution in [0.5, 0.6) is 0 Å². The fraction of sp³-hybridized carbons (Fsp3) is 0.565. The first-order valence-corrected chi connectivity index (χ1v) is 12.5. The fourth-order valence-corrected chi connectivity index (χ4v) is 5.62. The molecule has 0 radical (unpaired) electrons. The van der Waals surface area contributed by atoms with Gasteiger partial charge in [0, 0.05) is 36.0 Å². The van der Waals surface area contributed by atoms with E-state index in [2.05, 4.69) is 15.3 Å². The third-order valence-electron chi connectivity index (χ3n) is 6.28. The molecule has 2 saturated heterocycles. The number of pyridine rings is 1. The van der Waals surface area contributed by atoms with E-state index in [0.29, 0.717) is 11.3 Å². The van der Waals surface area contributed by atoms with Gasteiger partial charge in [0.1, 0.15) is 18.1 Å². The van der Waals surface area contributed by atoms with Crippen molar-refractivity contribution in [2.75, 3.05) is 18.4 Å². The minimum Gasteiger partial charge on any atom is -0.389 e. The van der Waals surface area contributed by atoms with E-state index in [-0.39, 0.29) is 39.8 Å². The van der Waals surface area contributed by atoms with E-state index in [1.807, 2.05) is 5.32 Å². The summed E-state index contributed by atoms with van der Waals surface area (Å²) in [4.78, 5) is 36.0. The number of fused-ring (bicyclic) bond motifs is 2. The lowest BCUT2D eigenvalue weighted by atomic mass is 10.0. The molecule has 2 aliphatic rings. The van der Waals surface area contributed by atoms with Gasteiger partial charge in [-0.15, -0.1) is 11.3 Å². The minimum atomic E-state index is -4.58. The lowest BCUT2D eigenvalue weighted by molar-refractivity contribution is -0.115. The molecule has 2 fully saturated rings. The van der Waals surface area contributed by atoms with Crippen LogP contribution in [0.15, 0.2) is 12.3 Å². The van der Waals surface area contributed by atoms with Crippen LogP contribution < -0.4 is 10.6 Å². The zero-order chi connectivity index (χ0) is 27.1. The molecular weight excluding hydrogens is 521 g/mol. The highest BCUT2D eigenvalue weighted by Gasteiger charge is 2.44. The van der Waals surface area contributed by atoms with Gasteiger partial charge in [-0.2, -0.15) is 13.2 Å². The minimum absolute atomic E-state index is 0.00107. The number of alkyl halides is 5. The number of anilines is 1. The number of carbonyl (C=O) groups is 2. The van der Waals surface area contributed by atoms with Gasteiger partial charge >= 0.3 is 6.18 Å². The van der Waals surface area contributed by atoms with Crippen molar-refractivity contribution < 1.29 is 36.6 Å². The van der Waals surface area contributed by atoms with Crippen LogP contribution >= 0.6 is 11.3 Å². The quantitative estimate of drug-likeness (QED) is 0.424. The normalized spacial score (nSPS) is 19.5. The van der Waals surface area contributed by atoms with E-state index in [1.165, 1.54) is 13.8 Å². The lowest BCUT2D eigenvalue weighted by Gasteiger charge is -2.22. The van der Waals surface area contributed by atoms with E-state index in [4.69, 9.17) is 0 Å². The van der Waals surface area contributed by atoms with Gasteiger partial charge in [-0.25, -0.2) is 18.7 Å². The summed E-state index contributed by atoms with van der Waals surface area (Å²) in [6, 6.07) is 0.801. The molecule has 2 aliphatic heterocycles. The average molecular weight is 548 g/mol. The predicted molar refractivity (Wildman–Crippen MR) is 126 cm³/mol. The maximum absolute atomic E-state index is 14.1. The number of nitrogens with zero attached hydrogens (tertiary/aromatic N) is 3. The zero-order valence-corrected chi connectivity index (χ0v) is 20.8. The van der Waals surface area contributed by atoms with Gasteiger partial charge in [0.05, 0.1) is 10.5 Å². The monoisotopic (exact) mass is 547 g/mol. The molecule has 0 saturated carbocycles. The first-order chi connectivity index (χ1) is 17.2. The molecule has 4 heterocycles. The highest BCUT2D eigenvalue weighted by atomic mass is 32.1. The van der Waals surface area contributed by atoms with Crippen LogP contribution in [0.2, 0.25) is 0 Å². The number of hydrogen-bond acceptors (Lipinski definition) is 7. The third kappa shape index (κ3) is 6.17.